The van der Waals surface area contributed by atoms with Crippen LogP contribution in [0, 0.1) is 18.6 Å². The largest absolute Gasteiger partial charge is 0.512 e. The Hall–Kier alpha value is -3.20. The number of nitrogens with zero attached hydrogens (tertiary/aromatic N) is 2. The van der Waals surface area contributed by atoms with Gasteiger partial charge >= 0.3 is 6.16 Å². The lowest BCUT2D eigenvalue weighted by molar-refractivity contribution is 0.138. The van der Waals surface area contributed by atoms with Gasteiger partial charge in [-0.1, -0.05) is 6.07 Å². The van der Waals surface area contributed by atoms with Crippen LogP contribution >= 0.6 is 0 Å². The first-order chi connectivity index (χ1) is 12.9. The van der Waals surface area contributed by atoms with E-state index < -0.39 is 17.8 Å². The number of pyridine rings is 1. The molecule has 2 heterocycles. The molecule has 0 aliphatic heterocycles. The molecule has 2 aromatic heterocycles. The Morgan fingerprint density at radius 2 is 1.96 bits per heavy atom. The van der Waals surface area contributed by atoms with Crippen LogP contribution in [0.25, 0.3) is 5.65 Å². The molecule has 3 rings (SSSR count). The lowest BCUT2D eigenvalue weighted by Gasteiger charge is -2.10. The second-order valence-corrected chi connectivity index (χ2v) is 5.73. The van der Waals surface area contributed by atoms with E-state index in [0.29, 0.717) is 5.56 Å². The average Bonchev–Trinajstić information content (AvgIpc) is 2.92. The molecule has 0 aliphatic rings. The maximum atomic E-state index is 13.8. The molecule has 1 aromatic carbocycles. The smallest absolute Gasteiger partial charge is 0.485 e. The van der Waals surface area contributed by atoms with E-state index in [2.05, 4.69) is 4.98 Å². The van der Waals surface area contributed by atoms with E-state index in [9.17, 15) is 13.6 Å². The number of ether oxygens (including phenoxy) is 3. The van der Waals surface area contributed by atoms with Gasteiger partial charge in [-0.15, -0.1) is 0 Å². The number of carbonyl (C=O) groups is 1. The third-order valence-electron chi connectivity index (χ3n) is 3.75. The van der Waals surface area contributed by atoms with Gasteiger partial charge in [0.05, 0.1) is 12.2 Å². The van der Waals surface area contributed by atoms with Crippen molar-refractivity contribution in [3.05, 3.63) is 58.9 Å². The lowest BCUT2D eigenvalue weighted by atomic mass is 10.2. The number of halogens is 2. The fraction of sp³-hybridized carbons (Fsp3) is 0.222. The molecule has 0 bridgehead atoms. The highest BCUT2D eigenvalue weighted by molar-refractivity contribution is 5.64. The van der Waals surface area contributed by atoms with Crippen molar-refractivity contribution in [2.75, 3.05) is 7.11 Å². The minimum atomic E-state index is -1.51. The van der Waals surface area contributed by atoms with E-state index in [-0.39, 0.29) is 41.7 Å². The van der Waals surface area contributed by atoms with Gasteiger partial charge in [0, 0.05) is 13.3 Å². The molecule has 3 aromatic rings. The Morgan fingerprint density at radius 1 is 1.26 bits per heavy atom. The summed E-state index contributed by atoms with van der Waals surface area (Å²) in [6, 6.07) is 5.17. The second-order valence-electron chi connectivity index (χ2n) is 5.73. The molecule has 0 aliphatic carbocycles. The van der Waals surface area contributed by atoms with Gasteiger partial charge in [0.2, 0.25) is 5.88 Å². The monoisotopic (exact) mass is 378 g/mol. The SMILES string of the molecule is COCc1nc2c(OCc3c(F)cccc3F)cc(C)cn2c1OC(=O)O. The van der Waals surface area contributed by atoms with Gasteiger partial charge in [-0.05, 0) is 30.7 Å². The Kier molecular flexibility index (Phi) is 5.22. The molecule has 1 N–H and O–H groups in total. The number of carboxylic acid groups (broad SMARTS) is 1. The van der Waals surface area contributed by atoms with Crippen molar-refractivity contribution in [1.82, 2.24) is 9.38 Å². The number of benzene rings is 1. The summed E-state index contributed by atoms with van der Waals surface area (Å²) in [5.41, 5.74) is 0.957. The van der Waals surface area contributed by atoms with Crippen molar-refractivity contribution < 1.29 is 32.9 Å². The van der Waals surface area contributed by atoms with Crippen LogP contribution in [0.15, 0.2) is 30.5 Å². The van der Waals surface area contributed by atoms with Gasteiger partial charge in [0.25, 0.3) is 0 Å². The van der Waals surface area contributed by atoms with Crippen LogP contribution in [0.4, 0.5) is 13.6 Å². The number of hydrogen-bond acceptors (Lipinski definition) is 5. The van der Waals surface area contributed by atoms with Crippen LogP contribution in [-0.4, -0.2) is 27.8 Å². The minimum Gasteiger partial charge on any atom is -0.485 e. The molecule has 0 unspecified atom stereocenters. The van der Waals surface area contributed by atoms with Gasteiger partial charge in [-0.2, -0.15) is 0 Å². The van der Waals surface area contributed by atoms with Crippen LogP contribution in [-0.2, 0) is 18.0 Å². The Bertz CT molecular complexity index is 983. The molecule has 0 fully saturated rings. The fourth-order valence-corrected chi connectivity index (χ4v) is 2.62. The van der Waals surface area contributed by atoms with Gasteiger partial charge in [-0.25, -0.2) is 18.6 Å². The highest BCUT2D eigenvalue weighted by atomic mass is 19.1. The molecule has 0 amide bonds. The van der Waals surface area contributed by atoms with Gasteiger partial charge in [0.1, 0.15) is 23.9 Å². The van der Waals surface area contributed by atoms with Crippen LogP contribution in [0.1, 0.15) is 16.8 Å². The van der Waals surface area contributed by atoms with E-state index in [1.165, 1.54) is 17.6 Å². The van der Waals surface area contributed by atoms with Crippen molar-refractivity contribution in [2.45, 2.75) is 20.1 Å². The topological polar surface area (TPSA) is 82.3 Å². The molecule has 0 saturated carbocycles. The van der Waals surface area contributed by atoms with E-state index >= 15 is 0 Å². The van der Waals surface area contributed by atoms with E-state index in [4.69, 9.17) is 19.3 Å². The van der Waals surface area contributed by atoms with Gasteiger partial charge in [-0.3, -0.25) is 4.40 Å². The van der Waals surface area contributed by atoms with Crippen molar-refractivity contribution in [1.29, 1.82) is 0 Å². The highest BCUT2D eigenvalue weighted by Crippen LogP contribution is 2.30. The third-order valence-corrected chi connectivity index (χ3v) is 3.75. The van der Waals surface area contributed by atoms with Crippen LogP contribution in [0.5, 0.6) is 11.6 Å². The first kappa shape index (κ1) is 18.6. The summed E-state index contributed by atoms with van der Waals surface area (Å²) < 4.78 is 44.5. The number of aromatic nitrogens is 2. The Morgan fingerprint density at radius 3 is 2.59 bits per heavy atom. The first-order valence-electron chi connectivity index (χ1n) is 7.87. The number of aryl methyl sites for hydroxylation is 1. The van der Waals surface area contributed by atoms with E-state index in [1.54, 1.807) is 19.2 Å². The molecular formula is C18H16F2N2O5. The Balaban J connectivity index is 2.04. The predicted octanol–water partition coefficient (Wildman–Crippen LogP) is 3.70. The summed E-state index contributed by atoms with van der Waals surface area (Å²) in [6.45, 7) is 1.39. The third kappa shape index (κ3) is 3.82. The number of methoxy groups -OCH3 is 1. The van der Waals surface area contributed by atoms with Crippen LogP contribution < -0.4 is 9.47 Å². The van der Waals surface area contributed by atoms with Gasteiger partial charge < -0.3 is 19.3 Å². The normalized spacial score (nSPS) is 11.0. The maximum absolute atomic E-state index is 13.8. The quantitative estimate of drug-likeness (QED) is 0.659. The van der Waals surface area contributed by atoms with Crippen molar-refractivity contribution in [3.63, 3.8) is 0 Å². The number of imidazole rings is 1. The highest BCUT2D eigenvalue weighted by Gasteiger charge is 2.20. The van der Waals surface area contributed by atoms with Crippen LogP contribution in [0.2, 0.25) is 0 Å². The molecule has 7 nitrogen and oxygen atoms in total. The second kappa shape index (κ2) is 7.58. The zero-order chi connectivity index (χ0) is 19.6. The molecule has 27 heavy (non-hydrogen) atoms. The zero-order valence-electron chi connectivity index (χ0n) is 14.5. The molecule has 0 radical (unpaired) electrons. The number of fused-ring (bicyclic) bond motifs is 1. The fourth-order valence-electron chi connectivity index (χ4n) is 2.62. The summed E-state index contributed by atoms with van der Waals surface area (Å²) in [6.07, 6.45) is 0.0996. The Labute approximate surface area is 152 Å². The predicted molar refractivity (Wildman–Crippen MR) is 90.0 cm³/mol. The first-order valence-corrected chi connectivity index (χ1v) is 7.87. The van der Waals surface area contributed by atoms with Crippen LogP contribution in [0.3, 0.4) is 0 Å². The average molecular weight is 378 g/mol. The standard InChI is InChI=1S/C18H16F2N2O5/c1-10-6-15(26-8-11-12(19)4-3-5-13(11)20)16-21-14(9-25-2)17(22(16)7-10)27-18(23)24/h3-7H,8-9H2,1-2H3,(H,23,24). The molecule has 0 atom stereocenters. The van der Waals surface area contributed by atoms with Crippen molar-refractivity contribution in [3.8, 4) is 11.6 Å². The summed E-state index contributed by atoms with van der Waals surface area (Å²) in [7, 11) is 1.43. The number of hydrogen-bond donors (Lipinski definition) is 1. The van der Waals surface area contributed by atoms with Crippen molar-refractivity contribution >= 4 is 11.8 Å². The van der Waals surface area contributed by atoms with E-state index in [0.717, 1.165) is 12.1 Å². The molecule has 142 valence electrons. The molecule has 0 saturated heterocycles. The van der Waals surface area contributed by atoms with Crippen molar-refractivity contribution in [2.24, 2.45) is 0 Å². The summed E-state index contributed by atoms with van der Waals surface area (Å²) in [5.74, 6) is -1.27. The van der Waals surface area contributed by atoms with E-state index in [1.807, 2.05) is 0 Å². The molecular weight excluding hydrogens is 362 g/mol. The van der Waals surface area contributed by atoms with Gasteiger partial charge in [0.15, 0.2) is 11.4 Å². The zero-order valence-corrected chi connectivity index (χ0v) is 14.5. The lowest BCUT2D eigenvalue weighted by Crippen LogP contribution is -2.08. The minimum absolute atomic E-state index is 0.00469. The number of rotatable bonds is 6. The summed E-state index contributed by atoms with van der Waals surface area (Å²) in [4.78, 5) is 15.3. The molecule has 0 spiro atoms. The summed E-state index contributed by atoms with van der Waals surface area (Å²) in [5, 5.41) is 8.97. The maximum Gasteiger partial charge on any atom is 0.512 e. The summed E-state index contributed by atoms with van der Waals surface area (Å²) >= 11 is 0. The molecule has 9 heteroatoms.